The van der Waals surface area contributed by atoms with E-state index in [0.717, 1.165) is 12.8 Å². The van der Waals surface area contributed by atoms with Crippen LogP contribution in [0, 0.1) is 0 Å². The summed E-state index contributed by atoms with van der Waals surface area (Å²) in [5, 5.41) is 2.84. The fraction of sp³-hybridized carbons (Fsp3) is 0.846. The van der Waals surface area contributed by atoms with E-state index in [9.17, 15) is 9.59 Å². The summed E-state index contributed by atoms with van der Waals surface area (Å²) in [6.45, 7) is 4.99. The SMILES string of the molecule is CCCC1NC(=O)C(CCC)N(CCOC)C1=O. The third-order valence-corrected chi connectivity index (χ3v) is 3.25. The number of methoxy groups -OCH3 is 1. The molecule has 0 bridgehead atoms. The van der Waals surface area contributed by atoms with Crippen molar-refractivity contribution in [1.82, 2.24) is 10.2 Å². The third kappa shape index (κ3) is 3.45. The van der Waals surface area contributed by atoms with Crippen LogP contribution in [0.5, 0.6) is 0 Å². The van der Waals surface area contributed by atoms with Crippen molar-refractivity contribution in [1.29, 1.82) is 0 Å². The monoisotopic (exact) mass is 256 g/mol. The van der Waals surface area contributed by atoms with Gasteiger partial charge in [0.15, 0.2) is 0 Å². The number of rotatable bonds is 7. The summed E-state index contributed by atoms with van der Waals surface area (Å²) in [6, 6.07) is -0.682. The van der Waals surface area contributed by atoms with Crippen LogP contribution in [0.1, 0.15) is 39.5 Å². The van der Waals surface area contributed by atoms with E-state index in [1.54, 1.807) is 12.0 Å². The quantitative estimate of drug-likeness (QED) is 0.737. The van der Waals surface area contributed by atoms with Gasteiger partial charge in [0.05, 0.1) is 6.61 Å². The van der Waals surface area contributed by atoms with Crippen molar-refractivity contribution in [2.45, 2.75) is 51.6 Å². The highest BCUT2D eigenvalue weighted by Gasteiger charge is 2.38. The van der Waals surface area contributed by atoms with E-state index >= 15 is 0 Å². The van der Waals surface area contributed by atoms with Crippen LogP contribution in [0.15, 0.2) is 0 Å². The number of carbonyl (C=O) groups excluding carboxylic acids is 2. The lowest BCUT2D eigenvalue weighted by Crippen LogP contribution is -2.63. The van der Waals surface area contributed by atoms with Gasteiger partial charge >= 0.3 is 0 Å². The molecular weight excluding hydrogens is 232 g/mol. The molecule has 0 aromatic rings. The molecule has 18 heavy (non-hydrogen) atoms. The maximum absolute atomic E-state index is 12.3. The van der Waals surface area contributed by atoms with Crippen molar-refractivity contribution in [3.05, 3.63) is 0 Å². The van der Waals surface area contributed by atoms with Crippen molar-refractivity contribution in [3.63, 3.8) is 0 Å². The Labute approximate surface area is 109 Å². The number of hydrogen-bond acceptors (Lipinski definition) is 3. The molecule has 1 aliphatic heterocycles. The Bertz CT molecular complexity index is 294. The first-order valence-electron chi connectivity index (χ1n) is 6.75. The fourth-order valence-corrected chi connectivity index (χ4v) is 2.33. The van der Waals surface area contributed by atoms with Gasteiger partial charge in [-0.3, -0.25) is 9.59 Å². The van der Waals surface area contributed by atoms with Gasteiger partial charge < -0.3 is 15.0 Å². The second-order valence-electron chi connectivity index (χ2n) is 4.68. The molecule has 0 radical (unpaired) electrons. The molecule has 104 valence electrons. The van der Waals surface area contributed by atoms with Gasteiger partial charge in [0, 0.05) is 13.7 Å². The van der Waals surface area contributed by atoms with Crippen LogP contribution in [-0.2, 0) is 14.3 Å². The predicted molar refractivity (Wildman–Crippen MR) is 69.1 cm³/mol. The largest absolute Gasteiger partial charge is 0.383 e. The Kier molecular flexibility index (Phi) is 6.12. The number of carbonyl (C=O) groups is 2. The number of hydrogen-bond donors (Lipinski definition) is 1. The fourth-order valence-electron chi connectivity index (χ4n) is 2.33. The van der Waals surface area contributed by atoms with Crippen molar-refractivity contribution in [2.24, 2.45) is 0 Å². The highest BCUT2D eigenvalue weighted by Crippen LogP contribution is 2.16. The van der Waals surface area contributed by atoms with Crippen LogP contribution in [0.4, 0.5) is 0 Å². The minimum Gasteiger partial charge on any atom is -0.383 e. The molecule has 1 N–H and O–H groups in total. The van der Waals surface area contributed by atoms with Crippen molar-refractivity contribution < 1.29 is 14.3 Å². The van der Waals surface area contributed by atoms with Gasteiger partial charge in [0.1, 0.15) is 12.1 Å². The van der Waals surface area contributed by atoms with Crippen molar-refractivity contribution >= 4 is 11.8 Å². The van der Waals surface area contributed by atoms with Crippen LogP contribution in [0.2, 0.25) is 0 Å². The van der Waals surface area contributed by atoms with Gasteiger partial charge in [-0.1, -0.05) is 26.7 Å². The normalized spacial score (nSPS) is 24.3. The maximum atomic E-state index is 12.3. The standard InChI is InChI=1S/C13H24N2O3/c1-4-6-10-13(17)15(8-9-18-3)11(7-5-2)12(16)14-10/h10-11H,4-9H2,1-3H3,(H,14,16). The molecule has 1 aliphatic rings. The first-order valence-corrected chi connectivity index (χ1v) is 6.75. The summed E-state index contributed by atoms with van der Waals surface area (Å²) in [7, 11) is 1.60. The van der Waals surface area contributed by atoms with E-state index in [2.05, 4.69) is 5.32 Å². The summed E-state index contributed by atoms with van der Waals surface area (Å²) in [4.78, 5) is 26.0. The lowest BCUT2D eigenvalue weighted by atomic mass is 10.0. The van der Waals surface area contributed by atoms with Gasteiger partial charge in [0.2, 0.25) is 11.8 Å². The molecule has 2 atom stereocenters. The first kappa shape index (κ1) is 15.0. The molecule has 0 aromatic heterocycles. The average molecular weight is 256 g/mol. The highest BCUT2D eigenvalue weighted by atomic mass is 16.5. The van der Waals surface area contributed by atoms with Gasteiger partial charge in [0.25, 0.3) is 0 Å². The Morgan fingerprint density at radius 2 is 1.89 bits per heavy atom. The van der Waals surface area contributed by atoms with Gasteiger partial charge in [-0.15, -0.1) is 0 Å². The Morgan fingerprint density at radius 1 is 1.22 bits per heavy atom. The third-order valence-electron chi connectivity index (χ3n) is 3.25. The molecule has 1 saturated heterocycles. The Morgan fingerprint density at radius 3 is 2.44 bits per heavy atom. The van der Waals surface area contributed by atoms with Gasteiger partial charge in [-0.2, -0.15) is 0 Å². The van der Waals surface area contributed by atoms with Crippen LogP contribution in [0.3, 0.4) is 0 Å². The second-order valence-corrected chi connectivity index (χ2v) is 4.68. The molecule has 5 nitrogen and oxygen atoms in total. The van der Waals surface area contributed by atoms with Crippen LogP contribution in [-0.4, -0.2) is 49.1 Å². The Hall–Kier alpha value is -1.10. The van der Waals surface area contributed by atoms with Crippen molar-refractivity contribution in [2.75, 3.05) is 20.3 Å². The number of ether oxygens (including phenoxy) is 1. The van der Waals surface area contributed by atoms with E-state index in [4.69, 9.17) is 4.74 Å². The van der Waals surface area contributed by atoms with E-state index in [1.165, 1.54) is 0 Å². The molecule has 0 saturated carbocycles. The molecule has 1 fully saturated rings. The zero-order valence-electron chi connectivity index (χ0n) is 11.6. The van der Waals surface area contributed by atoms with E-state index in [-0.39, 0.29) is 23.9 Å². The first-order chi connectivity index (χ1) is 8.65. The zero-order chi connectivity index (χ0) is 13.5. The zero-order valence-corrected chi connectivity index (χ0v) is 11.6. The topological polar surface area (TPSA) is 58.6 Å². The van der Waals surface area contributed by atoms with Crippen LogP contribution >= 0.6 is 0 Å². The molecule has 5 heteroatoms. The summed E-state index contributed by atoms with van der Waals surface area (Å²) in [6.07, 6.45) is 3.17. The summed E-state index contributed by atoms with van der Waals surface area (Å²) in [5.74, 6) is 0.0120. The summed E-state index contributed by atoms with van der Waals surface area (Å²) >= 11 is 0. The number of nitrogens with one attached hydrogen (secondary N) is 1. The highest BCUT2D eigenvalue weighted by molar-refractivity contribution is 5.96. The minimum absolute atomic E-state index is 0.0222. The van der Waals surface area contributed by atoms with Gasteiger partial charge in [-0.05, 0) is 12.8 Å². The predicted octanol–water partition coefficient (Wildman–Crippen LogP) is 0.929. The molecular formula is C13H24N2O3. The van der Waals surface area contributed by atoms with E-state index in [1.807, 2.05) is 13.8 Å². The average Bonchev–Trinajstić information content (AvgIpc) is 2.35. The molecule has 0 aromatic carbocycles. The molecule has 0 aliphatic carbocycles. The van der Waals surface area contributed by atoms with Gasteiger partial charge in [-0.25, -0.2) is 0 Å². The number of nitrogens with zero attached hydrogens (tertiary/aromatic N) is 1. The molecule has 1 rings (SSSR count). The Balaban J connectivity index is 2.78. The van der Waals surface area contributed by atoms with Crippen LogP contribution < -0.4 is 5.32 Å². The molecule has 0 spiro atoms. The van der Waals surface area contributed by atoms with Crippen LogP contribution in [0.25, 0.3) is 0 Å². The smallest absolute Gasteiger partial charge is 0.245 e. The summed E-state index contributed by atoms with van der Waals surface area (Å²) < 4.78 is 5.02. The second kappa shape index (κ2) is 7.36. The molecule has 2 unspecified atom stereocenters. The van der Waals surface area contributed by atoms with E-state index in [0.29, 0.717) is 26.0 Å². The minimum atomic E-state index is -0.354. The lowest BCUT2D eigenvalue weighted by Gasteiger charge is -2.38. The summed E-state index contributed by atoms with van der Waals surface area (Å²) in [5.41, 5.74) is 0. The number of piperazine rings is 1. The number of amides is 2. The molecule has 1 heterocycles. The van der Waals surface area contributed by atoms with Crippen molar-refractivity contribution in [3.8, 4) is 0 Å². The molecule has 2 amide bonds. The van der Waals surface area contributed by atoms with E-state index < -0.39 is 0 Å². The maximum Gasteiger partial charge on any atom is 0.245 e. The lowest BCUT2D eigenvalue weighted by molar-refractivity contribution is -0.150.